The molecule has 0 aliphatic heterocycles. The van der Waals surface area contributed by atoms with E-state index in [0.29, 0.717) is 0 Å². The molecule has 4 heteroatoms. The summed E-state index contributed by atoms with van der Waals surface area (Å²) in [6, 6.07) is 6.11. The Morgan fingerprint density at radius 1 is 1.30 bits per heavy atom. The molecule has 1 aromatic carbocycles. The molecule has 1 N–H and O–H groups in total. The fourth-order valence-corrected chi connectivity index (χ4v) is 2.58. The molecule has 0 unspecified atom stereocenters. The van der Waals surface area contributed by atoms with E-state index in [2.05, 4.69) is 30.3 Å². The van der Waals surface area contributed by atoms with Gasteiger partial charge in [0.25, 0.3) is 0 Å². The molecule has 3 nitrogen and oxygen atoms in total. The van der Waals surface area contributed by atoms with Crippen molar-refractivity contribution in [3.63, 3.8) is 0 Å². The molecule has 0 bridgehead atoms. The largest absolute Gasteiger partial charge is 0.383 e. The fourth-order valence-electron chi connectivity index (χ4n) is 2.24. The molecule has 114 valence electrons. The lowest BCUT2D eigenvalue weighted by atomic mass is 10.1. The van der Waals surface area contributed by atoms with Gasteiger partial charge in [0, 0.05) is 33.8 Å². The minimum Gasteiger partial charge on any atom is -0.383 e. The maximum atomic E-state index is 6.38. The number of ether oxygens (including phenoxy) is 1. The van der Waals surface area contributed by atoms with E-state index < -0.39 is 0 Å². The first-order chi connectivity index (χ1) is 9.70. The zero-order chi connectivity index (χ0) is 14.8. The second-order valence-corrected chi connectivity index (χ2v) is 5.45. The van der Waals surface area contributed by atoms with Crippen molar-refractivity contribution in [2.45, 2.75) is 32.7 Å². The summed E-state index contributed by atoms with van der Waals surface area (Å²) in [6.07, 6.45) is 3.70. The van der Waals surface area contributed by atoms with Crippen LogP contribution in [0.2, 0.25) is 5.02 Å². The summed E-state index contributed by atoms with van der Waals surface area (Å²) >= 11 is 6.38. The molecule has 0 fully saturated rings. The number of hydrogen-bond donors (Lipinski definition) is 1. The topological polar surface area (TPSA) is 24.5 Å². The Hall–Kier alpha value is -0.770. The van der Waals surface area contributed by atoms with E-state index >= 15 is 0 Å². The Balaban J connectivity index is 2.66. The van der Waals surface area contributed by atoms with Crippen LogP contribution < -0.4 is 10.2 Å². The second-order valence-electron chi connectivity index (χ2n) is 5.05. The van der Waals surface area contributed by atoms with Crippen molar-refractivity contribution in [3.05, 3.63) is 28.8 Å². The maximum absolute atomic E-state index is 6.38. The van der Waals surface area contributed by atoms with Crippen LogP contribution in [0.3, 0.4) is 0 Å². The number of methoxy groups -OCH3 is 1. The average Bonchev–Trinajstić information content (AvgIpc) is 2.44. The first-order valence-electron chi connectivity index (χ1n) is 7.38. The van der Waals surface area contributed by atoms with Crippen molar-refractivity contribution < 1.29 is 4.74 Å². The summed E-state index contributed by atoms with van der Waals surface area (Å²) < 4.78 is 5.05. The molecular weight excluding hydrogens is 272 g/mol. The number of anilines is 1. The average molecular weight is 299 g/mol. The van der Waals surface area contributed by atoms with Crippen molar-refractivity contribution in [2.24, 2.45) is 0 Å². The molecule has 1 aromatic rings. The predicted molar refractivity (Wildman–Crippen MR) is 87.8 cm³/mol. The summed E-state index contributed by atoms with van der Waals surface area (Å²) in [6.45, 7) is 5.66. The minimum absolute atomic E-state index is 0.724. The van der Waals surface area contributed by atoms with E-state index in [4.69, 9.17) is 16.3 Å². The van der Waals surface area contributed by atoms with Gasteiger partial charge in [0.05, 0.1) is 17.3 Å². The zero-order valence-electron chi connectivity index (χ0n) is 12.9. The van der Waals surface area contributed by atoms with Gasteiger partial charge in [-0.25, -0.2) is 0 Å². The Morgan fingerprint density at radius 3 is 2.80 bits per heavy atom. The van der Waals surface area contributed by atoms with Crippen LogP contribution in [0, 0.1) is 0 Å². The van der Waals surface area contributed by atoms with Crippen molar-refractivity contribution in [2.75, 3.05) is 38.8 Å². The van der Waals surface area contributed by atoms with E-state index in [0.717, 1.165) is 37.0 Å². The molecule has 0 radical (unpaired) electrons. The van der Waals surface area contributed by atoms with Gasteiger partial charge in [-0.1, -0.05) is 43.5 Å². The van der Waals surface area contributed by atoms with Gasteiger partial charge in [-0.15, -0.1) is 0 Å². The van der Waals surface area contributed by atoms with E-state index in [9.17, 15) is 0 Å². The number of para-hydroxylation sites is 1. The van der Waals surface area contributed by atoms with Crippen LogP contribution in [0.1, 0.15) is 31.7 Å². The highest BCUT2D eigenvalue weighted by Gasteiger charge is 2.11. The predicted octanol–water partition coefficient (Wildman–Crippen LogP) is 3.70. The summed E-state index contributed by atoms with van der Waals surface area (Å²) in [7, 11) is 3.84. The number of hydrogen-bond acceptors (Lipinski definition) is 3. The molecule has 0 saturated heterocycles. The quantitative estimate of drug-likeness (QED) is 0.667. The number of halogens is 1. The Morgan fingerprint density at radius 2 is 2.10 bits per heavy atom. The van der Waals surface area contributed by atoms with Gasteiger partial charge in [0.2, 0.25) is 0 Å². The Bertz CT molecular complexity index is 385. The highest BCUT2D eigenvalue weighted by atomic mass is 35.5. The summed E-state index contributed by atoms with van der Waals surface area (Å²) in [5.74, 6) is 0. The fraction of sp³-hybridized carbons (Fsp3) is 0.625. The first-order valence-corrected chi connectivity index (χ1v) is 7.76. The van der Waals surface area contributed by atoms with E-state index in [1.54, 1.807) is 7.11 Å². The molecule has 0 aliphatic rings. The van der Waals surface area contributed by atoms with Crippen LogP contribution in [0.4, 0.5) is 5.69 Å². The molecule has 20 heavy (non-hydrogen) atoms. The number of benzene rings is 1. The van der Waals surface area contributed by atoms with Gasteiger partial charge in [-0.3, -0.25) is 0 Å². The molecule has 0 atom stereocenters. The highest BCUT2D eigenvalue weighted by Crippen LogP contribution is 2.29. The monoisotopic (exact) mass is 298 g/mol. The van der Waals surface area contributed by atoms with Gasteiger partial charge in [0.1, 0.15) is 0 Å². The maximum Gasteiger partial charge on any atom is 0.0642 e. The van der Waals surface area contributed by atoms with Gasteiger partial charge in [-0.05, 0) is 18.1 Å². The van der Waals surface area contributed by atoms with Gasteiger partial charge >= 0.3 is 0 Å². The van der Waals surface area contributed by atoms with Crippen LogP contribution in [0.5, 0.6) is 0 Å². The first kappa shape index (κ1) is 17.3. The molecular formula is C16H27ClN2O. The molecule has 0 spiro atoms. The normalized spacial score (nSPS) is 10.8. The third-order valence-corrected chi connectivity index (χ3v) is 3.65. The van der Waals surface area contributed by atoms with Crippen LogP contribution in [0.15, 0.2) is 18.2 Å². The Labute approximate surface area is 128 Å². The zero-order valence-corrected chi connectivity index (χ0v) is 13.7. The molecule has 0 amide bonds. The van der Waals surface area contributed by atoms with Crippen LogP contribution in [-0.4, -0.2) is 33.9 Å². The summed E-state index contributed by atoms with van der Waals surface area (Å²) in [5.41, 5.74) is 2.39. The SMILES string of the molecule is CCCCCN(C)c1c(Cl)cccc1CNCCOC. The third kappa shape index (κ3) is 5.70. The lowest BCUT2D eigenvalue weighted by molar-refractivity contribution is 0.199. The van der Waals surface area contributed by atoms with Crippen LogP contribution in [-0.2, 0) is 11.3 Å². The van der Waals surface area contributed by atoms with E-state index in [1.807, 2.05) is 12.1 Å². The van der Waals surface area contributed by atoms with Crippen LogP contribution >= 0.6 is 11.6 Å². The molecule has 0 aromatic heterocycles. The molecule has 0 aliphatic carbocycles. The number of rotatable bonds is 10. The van der Waals surface area contributed by atoms with Crippen molar-refractivity contribution in [1.29, 1.82) is 0 Å². The lowest BCUT2D eigenvalue weighted by Crippen LogP contribution is -2.24. The number of nitrogens with one attached hydrogen (secondary N) is 1. The van der Waals surface area contributed by atoms with Crippen molar-refractivity contribution in [3.8, 4) is 0 Å². The Kier molecular flexibility index (Phi) is 8.67. The van der Waals surface area contributed by atoms with Gasteiger partial charge < -0.3 is 15.0 Å². The van der Waals surface area contributed by atoms with E-state index in [-0.39, 0.29) is 0 Å². The van der Waals surface area contributed by atoms with E-state index in [1.165, 1.54) is 24.8 Å². The number of unbranched alkanes of at least 4 members (excludes halogenated alkanes) is 2. The number of nitrogens with zero attached hydrogens (tertiary/aromatic N) is 1. The summed E-state index contributed by atoms with van der Waals surface area (Å²) in [4.78, 5) is 2.27. The highest BCUT2D eigenvalue weighted by molar-refractivity contribution is 6.33. The van der Waals surface area contributed by atoms with Gasteiger partial charge in [-0.2, -0.15) is 0 Å². The standard InChI is InChI=1S/C16H27ClN2O/c1-4-5-6-11-19(2)16-14(8-7-9-15(16)17)13-18-10-12-20-3/h7-9,18H,4-6,10-13H2,1-3H3. The molecule has 0 saturated carbocycles. The smallest absolute Gasteiger partial charge is 0.0642 e. The molecule has 1 rings (SSSR count). The summed E-state index contributed by atoms with van der Waals surface area (Å²) in [5, 5.41) is 4.21. The lowest BCUT2D eigenvalue weighted by Gasteiger charge is -2.24. The molecule has 0 heterocycles. The second kappa shape index (κ2) is 10.0. The van der Waals surface area contributed by atoms with Crippen LogP contribution in [0.25, 0.3) is 0 Å². The minimum atomic E-state index is 0.724. The van der Waals surface area contributed by atoms with Crippen molar-refractivity contribution in [1.82, 2.24) is 5.32 Å². The van der Waals surface area contributed by atoms with Gasteiger partial charge in [0.15, 0.2) is 0 Å². The van der Waals surface area contributed by atoms with Crippen molar-refractivity contribution >= 4 is 17.3 Å². The third-order valence-electron chi connectivity index (χ3n) is 3.35.